The van der Waals surface area contributed by atoms with Crippen LogP contribution >= 0.6 is 23.2 Å². The number of amides is 1. The van der Waals surface area contributed by atoms with Gasteiger partial charge in [0.15, 0.2) is 6.61 Å². The number of hydrogen-bond donors (Lipinski definition) is 4. The second kappa shape index (κ2) is 16.0. The summed E-state index contributed by atoms with van der Waals surface area (Å²) in [5.74, 6) is -0.511. The fourth-order valence-corrected chi connectivity index (χ4v) is 4.23. The molecule has 3 rings (SSSR count). The highest BCUT2D eigenvalue weighted by atomic mass is 35.5. The number of hydrogen-bond acceptors (Lipinski definition) is 7. The smallest absolute Gasteiger partial charge is 0.344 e. The minimum atomic E-state index is -0.743. The van der Waals surface area contributed by atoms with Gasteiger partial charge >= 0.3 is 5.97 Å². The standard InChI is InChI=1S/C29H33Cl2N3O5/c30-23-16-20(17-24(31)28(23)32)25(35)18-33-14-8-1-2-9-15-38-27(36)19-39-26-13-7-6-12-22(26)29(37)34-21-10-4-3-5-11-21/h3-7,10-13,16-17,25,33,35H,1-2,8-9,14-15,18-19,32H2,(H,34,37). The molecule has 10 heteroatoms. The number of aliphatic hydroxyl groups is 1. The summed E-state index contributed by atoms with van der Waals surface area (Å²) < 4.78 is 10.8. The highest BCUT2D eigenvalue weighted by molar-refractivity contribution is 6.38. The number of rotatable bonds is 15. The molecule has 0 radical (unpaired) electrons. The number of halogens is 2. The molecule has 0 spiro atoms. The van der Waals surface area contributed by atoms with Crippen LogP contribution in [0.15, 0.2) is 66.7 Å². The van der Waals surface area contributed by atoms with Crippen molar-refractivity contribution in [1.82, 2.24) is 5.32 Å². The molecule has 1 amide bonds. The molecule has 0 aromatic heterocycles. The predicted molar refractivity (Wildman–Crippen MR) is 154 cm³/mol. The van der Waals surface area contributed by atoms with Crippen LogP contribution in [0.4, 0.5) is 11.4 Å². The van der Waals surface area contributed by atoms with Crippen molar-refractivity contribution in [2.75, 3.05) is 37.4 Å². The van der Waals surface area contributed by atoms with Gasteiger partial charge in [0, 0.05) is 12.2 Å². The maximum atomic E-state index is 12.6. The van der Waals surface area contributed by atoms with Gasteiger partial charge in [-0.05, 0) is 61.3 Å². The number of anilines is 2. The third-order valence-corrected chi connectivity index (χ3v) is 6.47. The average Bonchev–Trinajstić information content (AvgIpc) is 2.94. The first-order chi connectivity index (χ1) is 18.8. The van der Waals surface area contributed by atoms with E-state index in [-0.39, 0.29) is 12.5 Å². The van der Waals surface area contributed by atoms with Gasteiger partial charge in [0.1, 0.15) is 5.75 Å². The van der Waals surface area contributed by atoms with E-state index in [0.717, 1.165) is 32.2 Å². The van der Waals surface area contributed by atoms with Crippen LogP contribution in [0.5, 0.6) is 5.75 Å². The van der Waals surface area contributed by atoms with Gasteiger partial charge in [0.2, 0.25) is 0 Å². The maximum Gasteiger partial charge on any atom is 0.344 e. The Morgan fingerprint density at radius 1 is 0.923 bits per heavy atom. The quantitative estimate of drug-likeness (QED) is 0.105. The number of aliphatic hydroxyl groups excluding tert-OH is 1. The van der Waals surface area contributed by atoms with Gasteiger partial charge in [0.05, 0.1) is 34.0 Å². The Morgan fingerprint density at radius 2 is 1.59 bits per heavy atom. The Labute approximate surface area is 238 Å². The number of nitrogens with one attached hydrogen (secondary N) is 2. The molecule has 0 bridgehead atoms. The van der Waals surface area contributed by atoms with E-state index in [9.17, 15) is 14.7 Å². The van der Waals surface area contributed by atoms with Crippen molar-refractivity contribution in [3.8, 4) is 5.75 Å². The monoisotopic (exact) mass is 573 g/mol. The van der Waals surface area contributed by atoms with Gasteiger partial charge < -0.3 is 30.9 Å². The first-order valence-electron chi connectivity index (χ1n) is 12.7. The molecule has 0 saturated carbocycles. The summed E-state index contributed by atoms with van der Waals surface area (Å²) >= 11 is 12.0. The highest BCUT2D eigenvalue weighted by Gasteiger charge is 2.14. The number of ether oxygens (including phenoxy) is 2. The Bertz CT molecular complexity index is 1200. The van der Waals surface area contributed by atoms with E-state index in [4.69, 9.17) is 38.4 Å². The average molecular weight is 575 g/mol. The normalized spacial score (nSPS) is 11.6. The predicted octanol–water partition coefficient (Wildman–Crippen LogP) is 5.63. The molecule has 1 atom stereocenters. The number of nitrogens with two attached hydrogens (primary N) is 1. The molecule has 0 fully saturated rings. The van der Waals surface area contributed by atoms with E-state index in [0.29, 0.717) is 51.4 Å². The number of unbranched alkanes of at least 4 members (excludes halogenated alkanes) is 3. The Kier molecular flexibility index (Phi) is 12.4. The molecule has 0 saturated heterocycles. The van der Waals surface area contributed by atoms with Crippen LogP contribution < -0.4 is 21.1 Å². The van der Waals surface area contributed by atoms with Crippen LogP contribution in [0.3, 0.4) is 0 Å². The lowest BCUT2D eigenvalue weighted by Crippen LogP contribution is -2.22. The van der Waals surface area contributed by atoms with Crippen LogP contribution in [0, 0.1) is 0 Å². The van der Waals surface area contributed by atoms with Crippen molar-refractivity contribution < 1.29 is 24.2 Å². The first kappa shape index (κ1) is 30.2. The summed E-state index contributed by atoms with van der Waals surface area (Å²) in [5.41, 5.74) is 7.63. The molecule has 0 aliphatic carbocycles. The molecule has 208 valence electrons. The number of carbonyl (C=O) groups is 2. The van der Waals surface area contributed by atoms with E-state index >= 15 is 0 Å². The van der Waals surface area contributed by atoms with E-state index in [1.165, 1.54) is 0 Å². The second-order valence-corrected chi connectivity index (χ2v) is 9.67. The molecule has 39 heavy (non-hydrogen) atoms. The summed E-state index contributed by atoms with van der Waals surface area (Å²) in [6.45, 7) is 1.11. The summed E-state index contributed by atoms with van der Waals surface area (Å²) in [6.07, 6.45) is 2.74. The van der Waals surface area contributed by atoms with E-state index in [1.54, 1.807) is 48.5 Å². The van der Waals surface area contributed by atoms with Gasteiger partial charge in [-0.2, -0.15) is 0 Å². The minimum Gasteiger partial charge on any atom is -0.481 e. The van der Waals surface area contributed by atoms with E-state index in [2.05, 4.69) is 10.6 Å². The maximum absolute atomic E-state index is 12.6. The minimum absolute atomic E-state index is 0.285. The van der Waals surface area contributed by atoms with Crippen molar-refractivity contribution >= 4 is 46.5 Å². The lowest BCUT2D eigenvalue weighted by atomic mass is 10.1. The van der Waals surface area contributed by atoms with Crippen molar-refractivity contribution in [3.05, 3.63) is 87.9 Å². The fourth-order valence-electron chi connectivity index (χ4n) is 3.72. The van der Waals surface area contributed by atoms with Gasteiger partial charge in [-0.1, -0.05) is 66.4 Å². The number of benzene rings is 3. The van der Waals surface area contributed by atoms with Crippen molar-refractivity contribution in [3.63, 3.8) is 0 Å². The van der Waals surface area contributed by atoms with E-state index in [1.807, 2.05) is 18.2 Å². The third-order valence-electron chi connectivity index (χ3n) is 5.84. The largest absolute Gasteiger partial charge is 0.481 e. The lowest BCUT2D eigenvalue weighted by molar-refractivity contribution is -0.146. The van der Waals surface area contributed by atoms with Gasteiger partial charge in [0.25, 0.3) is 5.91 Å². The van der Waals surface area contributed by atoms with Crippen molar-refractivity contribution in [1.29, 1.82) is 0 Å². The Hall–Kier alpha value is -3.30. The fraction of sp³-hybridized carbons (Fsp3) is 0.310. The molecular weight excluding hydrogens is 541 g/mol. The molecular formula is C29H33Cl2N3O5. The third kappa shape index (κ3) is 10.1. The molecule has 0 aliphatic rings. The number of esters is 1. The number of nitrogen functional groups attached to an aromatic ring is 1. The summed E-state index contributed by atoms with van der Waals surface area (Å²) in [6, 6.07) is 19.1. The highest BCUT2D eigenvalue weighted by Crippen LogP contribution is 2.31. The van der Waals surface area contributed by atoms with Gasteiger partial charge in [-0.25, -0.2) is 4.79 Å². The molecule has 8 nitrogen and oxygen atoms in total. The van der Waals surface area contributed by atoms with Gasteiger partial charge in [-0.15, -0.1) is 0 Å². The first-order valence-corrected chi connectivity index (χ1v) is 13.5. The molecule has 0 heterocycles. The number of para-hydroxylation sites is 2. The van der Waals surface area contributed by atoms with Crippen LogP contribution in [-0.2, 0) is 9.53 Å². The molecule has 5 N–H and O–H groups in total. The second-order valence-electron chi connectivity index (χ2n) is 8.86. The zero-order chi connectivity index (χ0) is 28.0. The van der Waals surface area contributed by atoms with Crippen LogP contribution in [0.2, 0.25) is 10.0 Å². The van der Waals surface area contributed by atoms with Crippen molar-refractivity contribution in [2.45, 2.75) is 31.8 Å². The Balaban J connectivity index is 1.26. The van der Waals surface area contributed by atoms with E-state index < -0.39 is 12.1 Å². The van der Waals surface area contributed by atoms with Crippen LogP contribution in [0.25, 0.3) is 0 Å². The topological polar surface area (TPSA) is 123 Å². The SMILES string of the molecule is Nc1c(Cl)cc(C(O)CNCCCCCCOC(=O)COc2ccccc2C(=O)Nc2ccccc2)cc1Cl. The Morgan fingerprint density at radius 3 is 2.33 bits per heavy atom. The number of carbonyl (C=O) groups excluding carboxylic acids is 2. The molecule has 1 unspecified atom stereocenters. The molecule has 3 aromatic carbocycles. The molecule has 3 aromatic rings. The molecule has 0 aliphatic heterocycles. The zero-order valence-electron chi connectivity index (χ0n) is 21.5. The van der Waals surface area contributed by atoms with Crippen molar-refractivity contribution in [2.24, 2.45) is 0 Å². The summed E-state index contributed by atoms with van der Waals surface area (Å²) in [5, 5.41) is 17.0. The lowest BCUT2D eigenvalue weighted by Gasteiger charge is -2.14. The summed E-state index contributed by atoms with van der Waals surface area (Å²) in [4.78, 5) is 24.7. The summed E-state index contributed by atoms with van der Waals surface area (Å²) in [7, 11) is 0. The zero-order valence-corrected chi connectivity index (χ0v) is 23.0. The van der Waals surface area contributed by atoms with Crippen LogP contribution in [-0.4, -0.2) is 43.3 Å². The van der Waals surface area contributed by atoms with Gasteiger partial charge in [-0.3, -0.25) is 4.79 Å². The van der Waals surface area contributed by atoms with Crippen LogP contribution in [0.1, 0.15) is 47.7 Å².